The van der Waals surface area contributed by atoms with Crippen molar-refractivity contribution in [3.8, 4) is 11.3 Å². The summed E-state index contributed by atoms with van der Waals surface area (Å²) in [6, 6.07) is 6.38. The van der Waals surface area contributed by atoms with Gasteiger partial charge in [0.15, 0.2) is 5.13 Å². The van der Waals surface area contributed by atoms with Crippen molar-refractivity contribution in [2.45, 2.75) is 46.5 Å². The molecule has 0 bridgehead atoms. The summed E-state index contributed by atoms with van der Waals surface area (Å²) in [4.78, 5) is 17.8. The molecule has 0 radical (unpaired) electrons. The first-order valence-electron chi connectivity index (χ1n) is 8.00. The standard InChI is InChI=1S/C18H25N3OS/c1-11(2)17-16(14-8-7-12(3)13(4)10-14)21-18(23-17)20-15(22)6-5-9-19/h7-8,10-11H,5-6,9,19H2,1-4H3,(H,20,21,22). The van der Waals surface area contributed by atoms with Crippen LogP contribution in [0, 0.1) is 13.8 Å². The van der Waals surface area contributed by atoms with Crippen LogP contribution >= 0.6 is 11.3 Å². The van der Waals surface area contributed by atoms with E-state index < -0.39 is 0 Å². The van der Waals surface area contributed by atoms with E-state index in [0.717, 1.165) is 11.3 Å². The van der Waals surface area contributed by atoms with Gasteiger partial charge in [-0.1, -0.05) is 26.0 Å². The van der Waals surface area contributed by atoms with Crippen molar-refractivity contribution in [2.75, 3.05) is 11.9 Å². The number of anilines is 1. The Bertz CT molecular complexity index is 692. The van der Waals surface area contributed by atoms with Gasteiger partial charge < -0.3 is 11.1 Å². The van der Waals surface area contributed by atoms with E-state index in [4.69, 9.17) is 5.73 Å². The third kappa shape index (κ3) is 4.39. The van der Waals surface area contributed by atoms with Crippen molar-refractivity contribution in [3.63, 3.8) is 0 Å². The van der Waals surface area contributed by atoms with E-state index in [0.29, 0.717) is 30.4 Å². The maximum absolute atomic E-state index is 11.9. The number of nitrogens with two attached hydrogens (primary N) is 1. The molecule has 3 N–H and O–H groups in total. The second-order valence-corrected chi connectivity index (χ2v) is 7.16. The van der Waals surface area contributed by atoms with Crippen molar-refractivity contribution in [1.82, 2.24) is 4.98 Å². The third-order valence-electron chi connectivity index (χ3n) is 3.81. The van der Waals surface area contributed by atoms with Crippen LogP contribution in [0.4, 0.5) is 5.13 Å². The zero-order valence-electron chi connectivity index (χ0n) is 14.3. The molecule has 2 aromatic rings. The molecule has 0 fully saturated rings. The summed E-state index contributed by atoms with van der Waals surface area (Å²) < 4.78 is 0. The van der Waals surface area contributed by atoms with E-state index in [9.17, 15) is 4.79 Å². The Morgan fingerprint density at radius 2 is 2.04 bits per heavy atom. The molecule has 0 atom stereocenters. The van der Waals surface area contributed by atoms with Crippen molar-refractivity contribution < 1.29 is 4.79 Å². The molecular weight excluding hydrogens is 306 g/mol. The Balaban J connectivity index is 2.31. The van der Waals surface area contributed by atoms with Gasteiger partial charge in [-0.25, -0.2) is 4.98 Å². The average Bonchev–Trinajstić information content (AvgIpc) is 2.92. The largest absolute Gasteiger partial charge is 0.330 e. The highest BCUT2D eigenvalue weighted by Crippen LogP contribution is 2.36. The second kappa shape index (κ2) is 7.70. The lowest BCUT2D eigenvalue weighted by Crippen LogP contribution is -2.13. The number of carbonyl (C=O) groups excluding carboxylic acids is 1. The minimum absolute atomic E-state index is 0.0221. The number of amides is 1. The zero-order chi connectivity index (χ0) is 17.0. The first-order valence-corrected chi connectivity index (χ1v) is 8.82. The van der Waals surface area contributed by atoms with Crippen molar-refractivity contribution in [2.24, 2.45) is 5.73 Å². The minimum atomic E-state index is -0.0221. The molecule has 2 rings (SSSR count). The lowest BCUT2D eigenvalue weighted by Gasteiger charge is -2.07. The summed E-state index contributed by atoms with van der Waals surface area (Å²) in [5.74, 6) is 0.338. The van der Waals surface area contributed by atoms with Crippen molar-refractivity contribution in [1.29, 1.82) is 0 Å². The molecule has 4 nitrogen and oxygen atoms in total. The smallest absolute Gasteiger partial charge is 0.226 e. The lowest BCUT2D eigenvalue weighted by atomic mass is 10.0. The fraction of sp³-hybridized carbons (Fsp3) is 0.444. The molecule has 1 amide bonds. The topological polar surface area (TPSA) is 68.0 Å². The maximum Gasteiger partial charge on any atom is 0.226 e. The van der Waals surface area contributed by atoms with E-state index in [1.807, 2.05) is 0 Å². The van der Waals surface area contributed by atoms with Gasteiger partial charge in [-0.05, 0) is 49.9 Å². The third-order valence-corrected chi connectivity index (χ3v) is 5.08. The monoisotopic (exact) mass is 331 g/mol. The molecule has 0 saturated heterocycles. The molecule has 0 aliphatic heterocycles. The number of hydrogen-bond acceptors (Lipinski definition) is 4. The van der Waals surface area contributed by atoms with Gasteiger partial charge in [0.25, 0.3) is 0 Å². The Labute approximate surface area is 142 Å². The van der Waals surface area contributed by atoms with Crippen LogP contribution in [0.5, 0.6) is 0 Å². The predicted octanol–water partition coefficient (Wildman–Crippen LogP) is 4.23. The van der Waals surface area contributed by atoms with Gasteiger partial charge in [0.1, 0.15) is 0 Å². The first kappa shape index (κ1) is 17.6. The van der Waals surface area contributed by atoms with Crippen LogP contribution < -0.4 is 11.1 Å². The van der Waals surface area contributed by atoms with Gasteiger partial charge in [-0.2, -0.15) is 0 Å². The van der Waals surface area contributed by atoms with E-state index >= 15 is 0 Å². The highest BCUT2D eigenvalue weighted by molar-refractivity contribution is 7.16. The molecule has 0 saturated carbocycles. The van der Waals surface area contributed by atoms with E-state index in [1.165, 1.54) is 16.0 Å². The van der Waals surface area contributed by atoms with Crippen molar-refractivity contribution in [3.05, 3.63) is 34.2 Å². The van der Waals surface area contributed by atoms with Crippen LogP contribution in [0.2, 0.25) is 0 Å². The Morgan fingerprint density at radius 1 is 1.30 bits per heavy atom. The lowest BCUT2D eigenvalue weighted by molar-refractivity contribution is -0.116. The Kier molecular flexibility index (Phi) is 5.91. The van der Waals surface area contributed by atoms with Crippen LogP contribution in [-0.4, -0.2) is 17.4 Å². The fourth-order valence-corrected chi connectivity index (χ4v) is 3.32. The number of thiazole rings is 1. The number of rotatable bonds is 6. The van der Waals surface area contributed by atoms with E-state index in [-0.39, 0.29) is 5.91 Å². The van der Waals surface area contributed by atoms with Gasteiger partial charge in [0.2, 0.25) is 5.91 Å². The summed E-state index contributed by atoms with van der Waals surface area (Å²) in [5.41, 5.74) is 10.0. The molecule has 0 aliphatic carbocycles. The highest BCUT2D eigenvalue weighted by Gasteiger charge is 2.17. The SMILES string of the molecule is Cc1ccc(-c2nc(NC(=O)CCCN)sc2C(C)C)cc1C. The normalized spacial score (nSPS) is 11.0. The number of hydrogen-bond donors (Lipinski definition) is 2. The number of carbonyl (C=O) groups is 1. The average molecular weight is 331 g/mol. The molecule has 23 heavy (non-hydrogen) atoms. The number of nitrogens with one attached hydrogen (secondary N) is 1. The van der Waals surface area contributed by atoms with Gasteiger partial charge in [0, 0.05) is 16.9 Å². The summed E-state index contributed by atoms with van der Waals surface area (Å²) in [5, 5.41) is 3.57. The Hall–Kier alpha value is -1.72. The highest BCUT2D eigenvalue weighted by atomic mass is 32.1. The molecule has 0 unspecified atom stereocenters. The van der Waals surface area contributed by atoms with Crippen LogP contribution in [-0.2, 0) is 4.79 Å². The summed E-state index contributed by atoms with van der Waals surface area (Å²) in [7, 11) is 0. The quantitative estimate of drug-likeness (QED) is 0.832. The number of aromatic nitrogens is 1. The van der Waals surface area contributed by atoms with Crippen LogP contribution in [0.15, 0.2) is 18.2 Å². The molecule has 0 spiro atoms. The first-order chi connectivity index (χ1) is 10.9. The zero-order valence-corrected chi connectivity index (χ0v) is 15.1. The molecule has 0 aliphatic rings. The summed E-state index contributed by atoms with van der Waals surface area (Å²) in [6.45, 7) is 9.04. The molecule has 124 valence electrons. The maximum atomic E-state index is 11.9. The number of aryl methyl sites for hydroxylation is 2. The van der Waals surface area contributed by atoms with Gasteiger partial charge in [0.05, 0.1) is 5.69 Å². The van der Waals surface area contributed by atoms with E-state index in [2.05, 4.69) is 56.2 Å². The molecule has 1 heterocycles. The van der Waals surface area contributed by atoms with Crippen molar-refractivity contribution >= 4 is 22.4 Å². The number of benzene rings is 1. The molecular formula is C18H25N3OS. The van der Waals surface area contributed by atoms with Crippen LogP contribution in [0.1, 0.15) is 48.6 Å². The fourth-order valence-electron chi connectivity index (χ4n) is 2.32. The second-order valence-electron chi connectivity index (χ2n) is 6.13. The van der Waals surface area contributed by atoms with Gasteiger partial charge in [-0.3, -0.25) is 4.79 Å². The molecule has 1 aromatic heterocycles. The number of nitrogens with zero attached hydrogens (tertiary/aromatic N) is 1. The van der Waals surface area contributed by atoms with Gasteiger partial charge >= 0.3 is 0 Å². The predicted molar refractivity (Wildman–Crippen MR) is 98.0 cm³/mol. The summed E-state index contributed by atoms with van der Waals surface area (Å²) in [6.07, 6.45) is 1.13. The van der Waals surface area contributed by atoms with E-state index in [1.54, 1.807) is 11.3 Å². The van der Waals surface area contributed by atoms with Crippen LogP contribution in [0.25, 0.3) is 11.3 Å². The van der Waals surface area contributed by atoms with Crippen LogP contribution in [0.3, 0.4) is 0 Å². The molecule has 1 aromatic carbocycles. The van der Waals surface area contributed by atoms with Gasteiger partial charge in [-0.15, -0.1) is 11.3 Å². The minimum Gasteiger partial charge on any atom is -0.330 e. The Morgan fingerprint density at radius 3 is 2.65 bits per heavy atom. The molecule has 5 heteroatoms. The summed E-state index contributed by atoms with van der Waals surface area (Å²) >= 11 is 1.56.